The third kappa shape index (κ3) is 4.99. The highest BCUT2D eigenvalue weighted by Crippen LogP contribution is 2.28. The van der Waals surface area contributed by atoms with Gasteiger partial charge in [-0.2, -0.15) is 0 Å². The number of fused-ring (bicyclic) bond motifs is 3. The molecule has 4 heterocycles. The van der Waals surface area contributed by atoms with Gasteiger partial charge in [0.15, 0.2) is 4.96 Å². The largest absolute Gasteiger partial charge is 0.450 e. The molecule has 4 rings (SSSR count). The van der Waals surface area contributed by atoms with E-state index in [1.54, 1.807) is 23.2 Å². The average Bonchev–Trinajstić information content (AvgIpc) is 3.44. The van der Waals surface area contributed by atoms with Crippen LogP contribution in [-0.4, -0.2) is 64.5 Å². The maximum Gasteiger partial charge on any atom is 0.409 e. The van der Waals surface area contributed by atoms with E-state index >= 15 is 0 Å². The summed E-state index contributed by atoms with van der Waals surface area (Å²) < 4.78 is 6.98. The highest BCUT2D eigenvalue weighted by molar-refractivity contribution is 7.21. The van der Waals surface area contributed by atoms with Crippen molar-refractivity contribution < 1.29 is 19.1 Å². The molecule has 0 unspecified atom stereocenters. The molecule has 0 atom stereocenters. The molecule has 0 bridgehead atoms. The first kappa shape index (κ1) is 21.6. The van der Waals surface area contributed by atoms with Gasteiger partial charge < -0.3 is 20.3 Å². The molecule has 11 heteroatoms. The minimum absolute atomic E-state index is 0.0286. The molecule has 31 heavy (non-hydrogen) atoms. The smallest absolute Gasteiger partial charge is 0.409 e. The lowest BCUT2D eigenvalue weighted by atomic mass is 10.1. The Morgan fingerprint density at radius 2 is 2.10 bits per heavy atom. The summed E-state index contributed by atoms with van der Waals surface area (Å²) in [7, 11) is 0. The predicted molar refractivity (Wildman–Crippen MR) is 120 cm³/mol. The molecular weight excluding hydrogens is 438 g/mol. The maximum atomic E-state index is 12.4. The molecule has 0 radical (unpaired) electrons. The Morgan fingerprint density at radius 1 is 1.29 bits per heavy atom. The Morgan fingerprint density at radius 3 is 2.87 bits per heavy atom. The monoisotopic (exact) mass is 463 g/mol. The number of amides is 3. The summed E-state index contributed by atoms with van der Waals surface area (Å²) in [5.41, 5.74) is 0.944. The Balaban J connectivity index is 1.15. The molecule has 1 fully saturated rings. The van der Waals surface area contributed by atoms with E-state index < -0.39 is 0 Å². The van der Waals surface area contributed by atoms with Gasteiger partial charge in [0, 0.05) is 43.7 Å². The Hall–Kier alpha value is -2.66. The number of aromatic nitrogens is 2. The number of hydrogen-bond donors (Lipinski definition) is 2. The normalized spacial score (nSPS) is 14.8. The van der Waals surface area contributed by atoms with Crippen molar-refractivity contribution in [2.75, 3.05) is 26.2 Å². The standard InChI is InChI=1S/C20H25N5O4S2/c1-2-29-20(28)24-8-5-13(6-9-24)22-16(26)4-3-7-21-17(27)15-12-14-18(31-15)23-19-25(14)10-11-30-19/h10-13H,2-9H2,1H3,(H,21,27)(H,22,26). The van der Waals surface area contributed by atoms with E-state index in [9.17, 15) is 14.4 Å². The maximum absolute atomic E-state index is 12.4. The third-order valence-corrected chi connectivity index (χ3v) is 6.99. The number of carbonyl (C=O) groups is 3. The fraction of sp³-hybridized carbons (Fsp3) is 0.500. The van der Waals surface area contributed by atoms with Gasteiger partial charge in [-0.25, -0.2) is 9.78 Å². The van der Waals surface area contributed by atoms with E-state index in [2.05, 4.69) is 15.6 Å². The lowest BCUT2D eigenvalue weighted by Crippen LogP contribution is -2.46. The molecule has 0 aromatic carbocycles. The predicted octanol–water partition coefficient (Wildman–Crippen LogP) is 2.86. The fourth-order valence-electron chi connectivity index (χ4n) is 3.62. The van der Waals surface area contributed by atoms with Gasteiger partial charge in [0.05, 0.1) is 17.0 Å². The second-order valence-electron chi connectivity index (χ2n) is 7.36. The molecule has 3 amide bonds. The van der Waals surface area contributed by atoms with Crippen LogP contribution in [-0.2, 0) is 9.53 Å². The number of thiophene rings is 1. The molecule has 1 saturated heterocycles. The van der Waals surface area contributed by atoms with E-state index in [4.69, 9.17) is 4.74 Å². The van der Waals surface area contributed by atoms with Gasteiger partial charge in [-0.05, 0) is 32.3 Å². The molecule has 0 aliphatic carbocycles. The first-order valence-corrected chi connectivity index (χ1v) is 12.1. The second-order valence-corrected chi connectivity index (χ2v) is 9.26. The summed E-state index contributed by atoms with van der Waals surface area (Å²) in [6.45, 7) is 3.76. The molecule has 166 valence electrons. The molecule has 9 nitrogen and oxygen atoms in total. The minimum Gasteiger partial charge on any atom is -0.450 e. The lowest BCUT2D eigenvalue weighted by molar-refractivity contribution is -0.122. The van der Waals surface area contributed by atoms with Gasteiger partial charge in [-0.1, -0.05) is 0 Å². The molecule has 1 aliphatic rings. The van der Waals surface area contributed by atoms with Crippen molar-refractivity contribution in [1.82, 2.24) is 24.9 Å². The van der Waals surface area contributed by atoms with Crippen LogP contribution in [0.15, 0.2) is 17.6 Å². The number of ether oxygens (including phenoxy) is 1. The number of thiazole rings is 1. The molecule has 0 saturated carbocycles. The van der Waals surface area contributed by atoms with E-state index in [-0.39, 0.29) is 23.9 Å². The Bertz CT molecular complexity index is 1080. The Kier molecular flexibility index (Phi) is 6.71. The zero-order chi connectivity index (χ0) is 21.8. The van der Waals surface area contributed by atoms with Crippen LogP contribution in [0.2, 0.25) is 0 Å². The van der Waals surface area contributed by atoms with Crippen molar-refractivity contribution in [2.24, 2.45) is 0 Å². The molecular formula is C20H25N5O4S2. The highest BCUT2D eigenvalue weighted by atomic mass is 32.1. The number of nitrogens with one attached hydrogen (secondary N) is 2. The van der Waals surface area contributed by atoms with Gasteiger partial charge in [0.2, 0.25) is 5.91 Å². The highest BCUT2D eigenvalue weighted by Gasteiger charge is 2.24. The van der Waals surface area contributed by atoms with E-state index in [1.807, 2.05) is 22.0 Å². The van der Waals surface area contributed by atoms with Gasteiger partial charge >= 0.3 is 6.09 Å². The number of imidazole rings is 1. The van der Waals surface area contributed by atoms with Crippen molar-refractivity contribution in [1.29, 1.82) is 0 Å². The first-order chi connectivity index (χ1) is 15.0. The summed E-state index contributed by atoms with van der Waals surface area (Å²) in [6, 6.07) is 1.93. The summed E-state index contributed by atoms with van der Waals surface area (Å²) in [6.07, 6.45) is 4.02. The van der Waals surface area contributed by atoms with Crippen LogP contribution in [0.25, 0.3) is 15.3 Å². The Labute approximate surface area is 187 Å². The second kappa shape index (κ2) is 9.65. The first-order valence-electron chi connectivity index (χ1n) is 10.4. The zero-order valence-corrected chi connectivity index (χ0v) is 18.9. The molecule has 0 spiro atoms. The number of rotatable bonds is 7. The van der Waals surface area contributed by atoms with Crippen molar-refractivity contribution in [2.45, 2.75) is 38.6 Å². The van der Waals surface area contributed by atoms with Gasteiger partial charge in [0.1, 0.15) is 4.83 Å². The van der Waals surface area contributed by atoms with Crippen molar-refractivity contribution in [3.63, 3.8) is 0 Å². The molecule has 1 aliphatic heterocycles. The molecule has 2 N–H and O–H groups in total. The van der Waals surface area contributed by atoms with Crippen molar-refractivity contribution in [3.8, 4) is 0 Å². The number of nitrogens with zero attached hydrogens (tertiary/aromatic N) is 3. The summed E-state index contributed by atoms with van der Waals surface area (Å²) in [5, 5.41) is 7.87. The number of carbonyl (C=O) groups excluding carboxylic acids is 3. The third-order valence-electron chi connectivity index (χ3n) is 5.22. The van der Waals surface area contributed by atoms with E-state index in [0.717, 1.165) is 28.1 Å². The lowest BCUT2D eigenvalue weighted by Gasteiger charge is -2.31. The zero-order valence-electron chi connectivity index (χ0n) is 17.3. The minimum atomic E-state index is -0.290. The van der Waals surface area contributed by atoms with E-state index in [0.29, 0.717) is 44.0 Å². The van der Waals surface area contributed by atoms with Gasteiger partial charge in [-0.15, -0.1) is 22.7 Å². The van der Waals surface area contributed by atoms with Crippen LogP contribution in [0.1, 0.15) is 42.3 Å². The SMILES string of the molecule is CCOC(=O)N1CCC(NC(=O)CCCNC(=O)c2cc3c(nc4sccn43)s2)CC1. The average molecular weight is 464 g/mol. The van der Waals surface area contributed by atoms with Crippen LogP contribution >= 0.6 is 22.7 Å². The molecule has 3 aromatic rings. The van der Waals surface area contributed by atoms with Crippen molar-refractivity contribution in [3.05, 3.63) is 22.5 Å². The van der Waals surface area contributed by atoms with Crippen LogP contribution < -0.4 is 10.6 Å². The van der Waals surface area contributed by atoms with E-state index in [1.165, 1.54) is 11.3 Å². The van der Waals surface area contributed by atoms with Crippen LogP contribution in [0.4, 0.5) is 4.79 Å². The summed E-state index contributed by atoms with van der Waals surface area (Å²) in [5.74, 6) is -0.169. The van der Waals surface area contributed by atoms with Gasteiger partial charge in [0.25, 0.3) is 5.91 Å². The molecule has 3 aromatic heterocycles. The summed E-state index contributed by atoms with van der Waals surface area (Å²) in [4.78, 5) is 44.9. The number of hydrogen-bond acceptors (Lipinski definition) is 7. The van der Waals surface area contributed by atoms with Gasteiger partial charge in [-0.3, -0.25) is 14.0 Å². The fourth-order valence-corrected chi connectivity index (χ4v) is 5.34. The van der Waals surface area contributed by atoms with Crippen LogP contribution in [0.5, 0.6) is 0 Å². The van der Waals surface area contributed by atoms with Crippen LogP contribution in [0, 0.1) is 0 Å². The van der Waals surface area contributed by atoms with Crippen molar-refractivity contribution >= 4 is 55.9 Å². The quantitative estimate of drug-likeness (QED) is 0.524. The topological polar surface area (TPSA) is 105 Å². The summed E-state index contributed by atoms with van der Waals surface area (Å²) >= 11 is 2.94. The number of piperidine rings is 1. The number of likely N-dealkylation sites (tertiary alicyclic amines) is 1. The van der Waals surface area contributed by atoms with Crippen LogP contribution in [0.3, 0.4) is 0 Å².